The first-order valence-electron chi connectivity index (χ1n) is 15.1. The molecule has 0 saturated carbocycles. The monoisotopic (exact) mass is 598 g/mol. The van der Waals surface area contributed by atoms with Gasteiger partial charge in [0.15, 0.2) is 0 Å². The molecule has 6 aromatic rings. The van der Waals surface area contributed by atoms with Crippen molar-refractivity contribution < 1.29 is 19.0 Å². The van der Waals surface area contributed by atoms with Gasteiger partial charge in [0, 0.05) is 22.1 Å². The number of fused-ring (bicyclic) bond motifs is 8. The van der Waals surface area contributed by atoms with E-state index >= 15 is 0 Å². The van der Waals surface area contributed by atoms with Gasteiger partial charge < -0.3 is 19.0 Å². The number of ether oxygens (including phenoxy) is 2. The molecule has 1 aliphatic carbocycles. The third-order valence-corrected chi connectivity index (χ3v) is 14.3. The van der Waals surface area contributed by atoms with Crippen LogP contribution in [0.4, 0.5) is 0 Å². The van der Waals surface area contributed by atoms with Crippen LogP contribution in [0.1, 0.15) is 37.5 Å². The van der Waals surface area contributed by atoms with Crippen LogP contribution in [0.25, 0.3) is 43.4 Å². The van der Waals surface area contributed by atoms with Crippen molar-refractivity contribution in [3.05, 3.63) is 114 Å². The fourth-order valence-electron chi connectivity index (χ4n) is 6.55. The summed E-state index contributed by atoms with van der Waals surface area (Å²) in [5.74, 6) is 2.24. The molecule has 0 aliphatic heterocycles. The summed E-state index contributed by atoms with van der Waals surface area (Å²) in [4.78, 5) is 0. The summed E-state index contributed by atoms with van der Waals surface area (Å²) < 4.78 is 18.5. The van der Waals surface area contributed by atoms with E-state index in [1.165, 1.54) is 5.39 Å². The van der Waals surface area contributed by atoms with Gasteiger partial charge >= 0.3 is 0 Å². The van der Waals surface area contributed by atoms with E-state index in [2.05, 4.69) is 113 Å². The van der Waals surface area contributed by atoms with Crippen molar-refractivity contribution in [1.82, 2.24) is 0 Å². The van der Waals surface area contributed by atoms with Crippen LogP contribution in [-0.4, -0.2) is 27.6 Å². The highest BCUT2D eigenvalue weighted by molar-refractivity contribution is 6.74. The molecular weight excluding hydrogens is 561 g/mol. The van der Waals surface area contributed by atoms with Gasteiger partial charge in [-0.25, -0.2) is 0 Å². The lowest BCUT2D eigenvalue weighted by atomic mass is 9.80. The molecule has 0 bridgehead atoms. The molecule has 0 radical (unpaired) electrons. The zero-order valence-corrected chi connectivity index (χ0v) is 27.4. The van der Waals surface area contributed by atoms with E-state index < -0.39 is 13.9 Å². The average molecular weight is 599 g/mol. The van der Waals surface area contributed by atoms with Gasteiger partial charge in [0.25, 0.3) is 8.32 Å². The normalized spacial score (nSPS) is 16.3. The lowest BCUT2D eigenvalue weighted by Crippen LogP contribution is -2.44. The van der Waals surface area contributed by atoms with Crippen LogP contribution >= 0.6 is 0 Å². The highest BCUT2D eigenvalue weighted by Gasteiger charge is 2.47. The Hall–Kier alpha value is -4.32. The standard InChI is InChI=1S/C39H38O4Si/c1-38(2,3)44(6,7)43-36-23-35-37(30-19-16-25(41-4)21-32(30)36)31-20-17-26(42-5)22-34(31)39(35,40)33-14-10-13-28-27-12-9-8-11-24(27)15-18-29(28)33/h8-23,40H,1-7H3. The Labute approximate surface area is 260 Å². The second-order valence-electron chi connectivity index (χ2n) is 13.4. The molecule has 5 heteroatoms. The number of rotatable bonds is 5. The van der Waals surface area contributed by atoms with Crippen LogP contribution in [0.2, 0.25) is 18.1 Å². The molecule has 0 fully saturated rings. The molecule has 7 rings (SSSR count). The van der Waals surface area contributed by atoms with Crippen molar-refractivity contribution in [2.75, 3.05) is 14.2 Å². The Kier molecular flexibility index (Phi) is 6.37. The molecule has 0 aromatic heterocycles. The molecule has 0 saturated heterocycles. The van der Waals surface area contributed by atoms with Crippen molar-refractivity contribution >= 4 is 40.6 Å². The molecule has 0 heterocycles. The minimum atomic E-state index is -2.26. The lowest BCUT2D eigenvalue weighted by Gasteiger charge is -2.37. The number of aliphatic hydroxyl groups is 1. The van der Waals surface area contributed by atoms with Gasteiger partial charge in [0.1, 0.15) is 22.8 Å². The smallest absolute Gasteiger partial charge is 0.250 e. The second-order valence-corrected chi connectivity index (χ2v) is 18.1. The van der Waals surface area contributed by atoms with Crippen LogP contribution in [0.5, 0.6) is 17.2 Å². The predicted molar refractivity (Wildman–Crippen MR) is 184 cm³/mol. The zero-order chi connectivity index (χ0) is 31.0. The van der Waals surface area contributed by atoms with Gasteiger partial charge in [-0.15, -0.1) is 0 Å². The third-order valence-electron chi connectivity index (χ3n) is 9.93. The summed E-state index contributed by atoms with van der Waals surface area (Å²) in [6.45, 7) is 11.2. The van der Waals surface area contributed by atoms with E-state index in [0.29, 0.717) is 5.75 Å². The van der Waals surface area contributed by atoms with E-state index in [1.807, 2.05) is 18.2 Å². The minimum Gasteiger partial charge on any atom is -0.543 e. The molecule has 0 spiro atoms. The number of benzene rings is 6. The summed E-state index contributed by atoms with van der Waals surface area (Å²) in [5.41, 5.74) is 2.97. The third kappa shape index (κ3) is 4.06. The van der Waals surface area contributed by atoms with E-state index in [4.69, 9.17) is 13.9 Å². The average Bonchev–Trinajstić information content (AvgIpc) is 3.27. The SMILES string of the molecule is COc1ccc2c(c1)C(O)(c1cccc3c1ccc1ccccc13)c1cc(O[Si](C)(C)C(C)(C)C)c3cc(OC)ccc3c1-2. The summed E-state index contributed by atoms with van der Waals surface area (Å²) in [5, 5.41) is 19.8. The first kappa shape index (κ1) is 28.4. The van der Waals surface area contributed by atoms with E-state index in [-0.39, 0.29) is 5.04 Å². The van der Waals surface area contributed by atoms with Crippen LogP contribution in [0.15, 0.2) is 97.1 Å². The molecule has 6 aromatic carbocycles. The maximum absolute atomic E-state index is 13.4. The van der Waals surface area contributed by atoms with Gasteiger partial charge in [-0.2, -0.15) is 0 Å². The largest absolute Gasteiger partial charge is 0.543 e. The Bertz CT molecular complexity index is 2110. The summed E-state index contributed by atoms with van der Waals surface area (Å²) in [6.07, 6.45) is 0. The summed E-state index contributed by atoms with van der Waals surface area (Å²) >= 11 is 0. The summed E-state index contributed by atoms with van der Waals surface area (Å²) in [7, 11) is 1.09. The van der Waals surface area contributed by atoms with Crippen LogP contribution in [0, 0.1) is 0 Å². The molecule has 0 amide bonds. The van der Waals surface area contributed by atoms with E-state index in [1.54, 1.807) is 14.2 Å². The van der Waals surface area contributed by atoms with Crippen molar-refractivity contribution in [3.63, 3.8) is 0 Å². The zero-order valence-electron chi connectivity index (χ0n) is 26.4. The van der Waals surface area contributed by atoms with Gasteiger partial charge in [0.05, 0.1) is 14.2 Å². The van der Waals surface area contributed by atoms with Gasteiger partial charge in [-0.3, -0.25) is 0 Å². The Morgan fingerprint density at radius 3 is 2.05 bits per heavy atom. The second kappa shape index (κ2) is 9.85. The molecular formula is C39H38O4Si. The maximum Gasteiger partial charge on any atom is 0.250 e. The molecule has 1 unspecified atom stereocenters. The Morgan fingerprint density at radius 1 is 0.614 bits per heavy atom. The van der Waals surface area contributed by atoms with Gasteiger partial charge in [-0.05, 0) is 92.6 Å². The first-order chi connectivity index (χ1) is 21.0. The highest BCUT2D eigenvalue weighted by Crippen LogP contribution is 2.57. The fourth-order valence-corrected chi connectivity index (χ4v) is 7.57. The van der Waals surface area contributed by atoms with Crippen molar-refractivity contribution in [3.8, 4) is 28.4 Å². The summed E-state index contributed by atoms with van der Waals surface area (Å²) in [6, 6.07) is 33.2. The molecule has 1 N–H and O–H groups in total. The minimum absolute atomic E-state index is 0.0134. The Morgan fingerprint density at radius 2 is 1.30 bits per heavy atom. The van der Waals surface area contributed by atoms with Crippen LogP contribution in [-0.2, 0) is 5.60 Å². The first-order valence-corrected chi connectivity index (χ1v) is 18.1. The number of hydrogen-bond donors (Lipinski definition) is 1. The number of hydrogen-bond acceptors (Lipinski definition) is 4. The lowest BCUT2D eigenvalue weighted by molar-refractivity contribution is 0.132. The van der Waals surface area contributed by atoms with E-state index in [9.17, 15) is 5.11 Å². The molecule has 44 heavy (non-hydrogen) atoms. The van der Waals surface area contributed by atoms with Crippen molar-refractivity contribution in [1.29, 1.82) is 0 Å². The highest BCUT2D eigenvalue weighted by atomic mass is 28.4. The quantitative estimate of drug-likeness (QED) is 0.159. The molecule has 222 valence electrons. The van der Waals surface area contributed by atoms with Gasteiger partial charge in [0.2, 0.25) is 0 Å². The topological polar surface area (TPSA) is 47.9 Å². The maximum atomic E-state index is 13.4. The van der Waals surface area contributed by atoms with Gasteiger partial charge in [-0.1, -0.05) is 81.4 Å². The van der Waals surface area contributed by atoms with Crippen molar-refractivity contribution in [2.24, 2.45) is 0 Å². The van der Waals surface area contributed by atoms with Crippen LogP contribution < -0.4 is 13.9 Å². The van der Waals surface area contributed by atoms with Crippen molar-refractivity contribution in [2.45, 2.75) is 44.5 Å². The Balaban J connectivity index is 1.61. The molecule has 1 atom stereocenters. The number of methoxy groups -OCH3 is 2. The predicted octanol–water partition coefficient (Wildman–Crippen LogP) is 9.81. The fraction of sp³-hybridized carbons (Fsp3) is 0.231. The van der Waals surface area contributed by atoms with E-state index in [0.717, 1.165) is 66.2 Å². The molecule has 1 aliphatic rings. The van der Waals surface area contributed by atoms with Crippen LogP contribution in [0.3, 0.4) is 0 Å². The molecule has 4 nitrogen and oxygen atoms in total.